The first-order chi connectivity index (χ1) is 22.0. The summed E-state index contributed by atoms with van der Waals surface area (Å²) in [5.74, 6) is -0.146. The smallest absolute Gasteiger partial charge is 0.391 e. The Morgan fingerprint density at radius 3 is 1.46 bits per heavy atom. The average molecular weight is 678 g/mol. The maximum absolute atomic E-state index is 12.8. The zero-order valence-electron chi connectivity index (χ0n) is 31.1. The first-order valence-electron chi connectivity index (χ1n) is 19.4. The average Bonchev–Trinajstić information content (AvgIpc) is 2.99. The Bertz CT molecular complexity index is 733. The van der Waals surface area contributed by atoms with Crippen LogP contribution >= 0.6 is 7.82 Å². The largest absolute Gasteiger partial charge is 0.472 e. The molecule has 0 aliphatic rings. The van der Waals surface area contributed by atoms with Gasteiger partial charge in [-0.2, -0.15) is 0 Å². The fourth-order valence-corrected chi connectivity index (χ4v) is 6.43. The third-order valence-corrected chi connectivity index (χ3v) is 9.84. The van der Waals surface area contributed by atoms with Crippen LogP contribution in [0.15, 0.2) is 0 Å². The van der Waals surface area contributed by atoms with E-state index < -0.39 is 20.0 Å². The van der Waals surface area contributed by atoms with Gasteiger partial charge in [-0.25, -0.2) is 4.57 Å². The van der Waals surface area contributed by atoms with E-state index in [1.165, 1.54) is 116 Å². The van der Waals surface area contributed by atoms with Crippen molar-refractivity contribution in [1.82, 2.24) is 5.32 Å². The predicted molar refractivity (Wildman–Crippen MR) is 194 cm³/mol. The monoisotopic (exact) mass is 678 g/mol. The van der Waals surface area contributed by atoms with Gasteiger partial charge in [0.05, 0.1) is 39.9 Å². The van der Waals surface area contributed by atoms with Gasteiger partial charge in [-0.1, -0.05) is 162 Å². The number of hydrogen-bond donors (Lipinski definition) is 3. The van der Waals surface area contributed by atoms with Crippen molar-refractivity contribution in [3.8, 4) is 0 Å². The highest BCUT2D eigenvalue weighted by Gasteiger charge is 2.28. The second-order valence-corrected chi connectivity index (χ2v) is 16.1. The molecule has 9 heteroatoms. The highest BCUT2D eigenvalue weighted by molar-refractivity contribution is 7.47. The standard InChI is InChI=1S/C37H77N2O6P/c1-6-8-10-12-14-16-18-19-21-22-24-26-28-30-36(40)35(34-45-46(42,43)44-33-32-39(3,4)5)38-37(41)31-29-27-25-23-20-17-15-13-11-9-7-2/h35-36,40H,6-34H2,1-5H3,(H-,38,41,42,43)/p+1/t35-,36+/m0/s1. The number of rotatable bonds is 35. The summed E-state index contributed by atoms with van der Waals surface area (Å²) in [5.41, 5.74) is 0. The zero-order valence-corrected chi connectivity index (χ0v) is 32.0. The number of aliphatic hydroxyl groups is 1. The molecular weight excluding hydrogens is 599 g/mol. The topological polar surface area (TPSA) is 105 Å². The first-order valence-corrected chi connectivity index (χ1v) is 20.9. The number of amides is 1. The predicted octanol–water partition coefficient (Wildman–Crippen LogP) is 9.85. The summed E-state index contributed by atoms with van der Waals surface area (Å²) in [5, 5.41) is 13.9. The molecule has 0 aromatic heterocycles. The summed E-state index contributed by atoms with van der Waals surface area (Å²) < 4.78 is 23.5. The Kier molecular flexibility index (Phi) is 30.2. The van der Waals surface area contributed by atoms with Gasteiger partial charge >= 0.3 is 7.82 Å². The van der Waals surface area contributed by atoms with Crippen molar-refractivity contribution < 1.29 is 32.9 Å². The van der Waals surface area contributed by atoms with E-state index in [9.17, 15) is 19.4 Å². The van der Waals surface area contributed by atoms with E-state index in [0.29, 0.717) is 23.9 Å². The Morgan fingerprint density at radius 1 is 0.652 bits per heavy atom. The highest BCUT2D eigenvalue weighted by Crippen LogP contribution is 2.43. The molecular formula is C37H78N2O6P+. The van der Waals surface area contributed by atoms with Crippen molar-refractivity contribution in [2.24, 2.45) is 0 Å². The van der Waals surface area contributed by atoms with Crippen LogP contribution in [0.2, 0.25) is 0 Å². The van der Waals surface area contributed by atoms with Crippen LogP contribution in [0.25, 0.3) is 0 Å². The fourth-order valence-electron chi connectivity index (χ4n) is 5.69. The second kappa shape index (κ2) is 30.6. The molecule has 0 aliphatic heterocycles. The molecule has 0 aromatic carbocycles. The minimum Gasteiger partial charge on any atom is -0.391 e. The van der Waals surface area contributed by atoms with Crippen LogP contribution in [-0.2, 0) is 18.4 Å². The molecule has 0 bridgehead atoms. The molecule has 0 aromatic rings. The summed E-state index contributed by atoms with van der Waals surface area (Å²) in [6, 6.07) is -0.750. The fraction of sp³-hybridized carbons (Fsp3) is 0.973. The lowest BCUT2D eigenvalue weighted by atomic mass is 10.0. The number of likely N-dealkylation sites (N-methyl/N-ethyl adjacent to an activating group) is 1. The molecule has 1 unspecified atom stereocenters. The number of phosphoric ester groups is 1. The number of aliphatic hydroxyl groups excluding tert-OH is 1. The molecule has 0 radical (unpaired) electrons. The summed E-state index contributed by atoms with van der Waals surface area (Å²) in [6.45, 7) is 4.87. The quantitative estimate of drug-likeness (QED) is 0.0350. The molecule has 8 nitrogen and oxygen atoms in total. The Labute approximate surface area is 285 Å². The van der Waals surface area contributed by atoms with Gasteiger partial charge in [-0.15, -0.1) is 0 Å². The second-order valence-electron chi connectivity index (χ2n) is 14.7. The van der Waals surface area contributed by atoms with Crippen molar-refractivity contribution >= 4 is 13.7 Å². The van der Waals surface area contributed by atoms with Crippen molar-refractivity contribution in [3.63, 3.8) is 0 Å². The first kappa shape index (κ1) is 45.5. The van der Waals surface area contributed by atoms with Gasteiger partial charge in [0.1, 0.15) is 13.2 Å². The molecule has 0 aliphatic carbocycles. The normalized spacial score (nSPS) is 14.7. The van der Waals surface area contributed by atoms with E-state index in [1.54, 1.807) is 0 Å². The van der Waals surface area contributed by atoms with E-state index in [0.717, 1.165) is 38.5 Å². The summed E-state index contributed by atoms with van der Waals surface area (Å²) in [4.78, 5) is 23.0. The lowest BCUT2D eigenvalue weighted by Gasteiger charge is -2.26. The maximum Gasteiger partial charge on any atom is 0.472 e. The molecule has 0 saturated heterocycles. The molecule has 0 fully saturated rings. The van der Waals surface area contributed by atoms with Gasteiger partial charge in [0.25, 0.3) is 0 Å². The van der Waals surface area contributed by atoms with Crippen LogP contribution in [0.5, 0.6) is 0 Å². The van der Waals surface area contributed by atoms with Crippen LogP contribution in [0.3, 0.4) is 0 Å². The maximum atomic E-state index is 12.8. The van der Waals surface area contributed by atoms with Gasteiger partial charge in [-0.05, 0) is 12.8 Å². The number of nitrogens with one attached hydrogen (secondary N) is 1. The van der Waals surface area contributed by atoms with Crippen LogP contribution < -0.4 is 5.32 Å². The van der Waals surface area contributed by atoms with Crippen molar-refractivity contribution in [1.29, 1.82) is 0 Å². The molecule has 46 heavy (non-hydrogen) atoms. The number of carbonyl (C=O) groups is 1. The summed E-state index contributed by atoms with van der Waals surface area (Å²) >= 11 is 0. The van der Waals surface area contributed by atoms with Crippen molar-refractivity contribution in [2.45, 2.75) is 193 Å². The molecule has 0 rings (SSSR count). The summed E-state index contributed by atoms with van der Waals surface area (Å²) in [7, 11) is 1.62. The molecule has 0 spiro atoms. The van der Waals surface area contributed by atoms with Crippen LogP contribution in [-0.4, -0.2) is 73.4 Å². The molecule has 3 atom stereocenters. The van der Waals surface area contributed by atoms with Gasteiger partial charge in [0, 0.05) is 6.42 Å². The number of hydrogen-bond acceptors (Lipinski definition) is 5. The zero-order chi connectivity index (χ0) is 34.4. The van der Waals surface area contributed by atoms with E-state index >= 15 is 0 Å². The Hall–Kier alpha value is -0.500. The van der Waals surface area contributed by atoms with Gasteiger partial charge in [0.2, 0.25) is 5.91 Å². The number of unbranched alkanes of at least 4 members (excludes halogenated alkanes) is 22. The van der Waals surface area contributed by atoms with Crippen LogP contribution in [0, 0.1) is 0 Å². The third-order valence-electron chi connectivity index (χ3n) is 8.86. The number of nitrogens with zero attached hydrogens (tertiary/aromatic N) is 1. The van der Waals surface area contributed by atoms with E-state index in [1.807, 2.05) is 21.1 Å². The van der Waals surface area contributed by atoms with Crippen molar-refractivity contribution in [2.75, 3.05) is 40.9 Å². The molecule has 276 valence electrons. The van der Waals surface area contributed by atoms with E-state index in [4.69, 9.17) is 9.05 Å². The molecule has 3 N–H and O–H groups in total. The minimum atomic E-state index is -4.30. The lowest BCUT2D eigenvalue weighted by molar-refractivity contribution is -0.870. The Morgan fingerprint density at radius 2 is 1.04 bits per heavy atom. The Balaban J connectivity index is 4.45. The third kappa shape index (κ3) is 32.1. The minimum absolute atomic E-state index is 0.0780. The van der Waals surface area contributed by atoms with Gasteiger partial charge in [0.15, 0.2) is 0 Å². The highest BCUT2D eigenvalue weighted by atomic mass is 31.2. The van der Waals surface area contributed by atoms with Crippen molar-refractivity contribution in [3.05, 3.63) is 0 Å². The molecule has 0 heterocycles. The molecule has 0 saturated carbocycles. The SMILES string of the molecule is CCCCCCCCCCCCCCC[C@@H](O)[C@H](COP(=O)(O)OCC[N+](C)(C)C)NC(=O)CCCCCCCCCCCCC. The van der Waals surface area contributed by atoms with Crippen LogP contribution in [0.1, 0.15) is 181 Å². The van der Waals surface area contributed by atoms with E-state index in [-0.39, 0.29) is 19.1 Å². The number of phosphoric acid groups is 1. The number of carbonyl (C=O) groups excluding carboxylic acids is 1. The van der Waals surface area contributed by atoms with Crippen LogP contribution in [0.4, 0.5) is 0 Å². The van der Waals surface area contributed by atoms with Gasteiger partial charge < -0.3 is 19.8 Å². The van der Waals surface area contributed by atoms with Gasteiger partial charge in [-0.3, -0.25) is 13.8 Å². The lowest BCUT2D eigenvalue weighted by Crippen LogP contribution is -2.46. The number of quaternary nitrogens is 1. The van der Waals surface area contributed by atoms with E-state index in [2.05, 4.69) is 19.2 Å². The summed E-state index contributed by atoms with van der Waals surface area (Å²) in [6.07, 6.45) is 29.7. The molecule has 1 amide bonds.